The molecule has 0 aliphatic carbocycles. The van der Waals surface area contributed by atoms with Crippen LogP contribution in [-0.2, 0) is 4.74 Å². The Labute approximate surface area is 103 Å². The van der Waals surface area contributed by atoms with Crippen LogP contribution in [0.15, 0.2) is 18.5 Å². The van der Waals surface area contributed by atoms with Gasteiger partial charge in [-0.25, -0.2) is 0 Å². The van der Waals surface area contributed by atoms with Crippen molar-refractivity contribution in [2.45, 2.75) is 39.3 Å². The number of rotatable bonds is 7. The maximum atomic E-state index is 6.01. The molecule has 96 valence electrons. The van der Waals surface area contributed by atoms with Crippen LogP contribution < -0.4 is 10.5 Å². The Bertz CT molecular complexity index is 329. The van der Waals surface area contributed by atoms with Gasteiger partial charge in [-0.05, 0) is 31.9 Å². The van der Waals surface area contributed by atoms with E-state index in [0.717, 1.165) is 24.3 Å². The average Bonchev–Trinajstić information content (AvgIpc) is 2.28. The summed E-state index contributed by atoms with van der Waals surface area (Å²) in [6, 6.07) is 1.78. The largest absolute Gasteiger partial charge is 0.489 e. The summed E-state index contributed by atoms with van der Waals surface area (Å²) in [5.74, 6) is 0.753. The smallest absolute Gasteiger partial charge is 0.138 e. The number of hydrogen-bond acceptors (Lipinski definition) is 4. The van der Waals surface area contributed by atoms with Gasteiger partial charge in [-0.15, -0.1) is 0 Å². The molecule has 1 aromatic heterocycles. The minimum absolute atomic E-state index is 0.139. The van der Waals surface area contributed by atoms with Gasteiger partial charge in [0.25, 0.3) is 0 Å². The molecule has 0 spiro atoms. The lowest BCUT2D eigenvalue weighted by Crippen LogP contribution is -2.18. The topological polar surface area (TPSA) is 57.4 Å². The second-order valence-electron chi connectivity index (χ2n) is 4.30. The van der Waals surface area contributed by atoms with Crippen LogP contribution in [0.2, 0.25) is 0 Å². The first kappa shape index (κ1) is 13.9. The van der Waals surface area contributed by atoms with Crippen LogP contribution in [0.4, 0.5) is 0 Å². The lowest BCUT2D eigenvalue weighted by Gasteiger charge is -2.14. The molecule has 0 bridgehead atoms. The van der Waals surface area contributed by atoms with Crippen LogP contribution in [0.3, 0.4) is 0 Å². The first-order valence-corrected chi connectivity index (χ1v) is 6.08. The SMILES string of the molecule is CCCOCC(N)c1cncc(OC(C)C)c1. The molecule has 4 nitrogen and oxygen atoms in total. The highest BCUT2D eigenvalue weighted by atomic mass is 16.5. The molecule has 0 saturated heterocycles. The van der Waals surface area contributed by atoms with E-state index in [2.05, 4.69) is 11.9 Å². The fourth-order valence-electron chi connectivity index (χ4n) is 1.43. The van der Waals surface area contributed by atoms with Gasteiger partial charge in [0.2, 0.25) is 0 Å². The minimum atomic E-state index is -0.148. The summed E-state index contributed by atoms with van der Waals surface area (Å²) in [6.45, 7) is 7.29. The Morgan fingerprint density at radius 1 is 1.35 bits per heavy atom. The number of nitrogens with zero attached hydrogens (tertiary/aromatic N) is 1. The van der Waals surface area contributed by atoms with E-state index in [1.807, 2.05) is 19.9 Å². The maximum absolute atomic E-state index is 6.01. The predicted octanol–water partition coefficient (Wildman–Crippen LogP) is 2.30. The summed E-state index contributed by atoms with van der Waals surface area (Å²) in [7, 11) is 0. The molecule has 1 atom stereocenters. The summed E-state index contributed by atoms with van der Waals surface area (Å²) in [5, 5.41) is 0. The number of nitrogens with two attached hydrogens (primary N) is 1. The molecule has 1 heterocycles. The van der Waals surface area contributed by atoms with Gasteiger partial charge in [-0.1, -0.05) is 6.92 Å². The van der Waals surface area contributed by atoms with Crippen molar-refractivity contribution in [3.05, 3.63) is 24.0 Å². The van der Waals surface area contributed by atoms with E-state index in [0.29, 0.717) is 6.61 Å². The van der Waals surface area contributed by atoms with Crippen molar-refractivity contribution >= 4 is 0 Å². The highest BCUT2D eigenvalue weighted by Crippen LogP contribution is 2.17. The van der Waals surface area contributed by atoms with Gasteiger partial charge in [0.05, 0.1) is 24.9 Å². The molecule has 1 unspecified atom stereocenters. The maximum Gasteiger partial charge on any atom is 0.138 e. The second-order valence-corrected chi connectivity index (χ2v) is 4.30. The number of hydrogen-bond donors (Lipinski definition) is 1. The standard InChI is InChI=1S/C13H22N2O2/c1-4-5-16-9-13(14)11-6-12(8-15-7-11)17-10(2)3/h6-8,10,13H,4-5,9,14H2,1-3H3. The van der Waals surface area contributed by atoms with Gasteiger partial charge in [0.15, 0.2) is 0 Å². The van der Waals surface area contributed by atoms with Crippen LogP contribution in [0.25, 0.3) is 0 Å². The van der Waals surface area contributed by atoms with E-state index >= 15 is 0 Å². The van der Waals surface area contributed by atoms with Crippen LogP contribution in [0.5, 0.6) is 5.75 Å². The van der Waals surface area contributed by atoms with E-state index in [1.165, 1.54) is 0 Å². The third-order valence-corrected chi connectivity index (χ3v) is 2.18. The summed E-state index contributed by atoms with van der Waals surface area (Å²) in [6.07, 6.45) is 4.59. The van der Waals surface area contributed by atoms with Crippen LogP contribution >= 0.6 is 0 Å². The van der Waals surface area contributed by atoms with Gasteiger partial charge >= 0.3 is 0 Å². The zero-order valence-corrected chi connectivity index (χ0v) is 10.8. The zero-order valence-electron chi connectivity index (χ0n) is 10.8. The Morgan fingerprint density at radius 3 is 2.76 bits per heavy atom. The Hall–Kier alpha value is -1.13. The van der Waals surface area contributed by atoms with E-state index in [9.17, 15) is 0 Å². The normalized spacial score (nSPS) is 12.8. The highest BCUT2D eigenvalue weighted by molar-refractivity contribution is 5.26. The van der Waals surface area contributed by atoms with Crippen molar-refractivity contribution in [1.29, 1.82) is 0 Å². The molecule has 1 rings (SSSR count). The molecule has 0 aromatic carbocycles. The lowest BCUT2D eigenvalue weighted by atomic mass is 10.1. The molecule has 1 aromatic rings. The van der Waals surface area contributed by atoms with E-state index in [4.69, 9.17) is 15.2 Å². The number of ether oxygens (including phenoxy) is 2. The van der Waals surface area contributed by atoms with Crippen LogP contribution in [0, 0.1) is 0 Å². The van der Waals surface area contributed by atoms with Crippen molar-refractivity contribution in [3.63, 3.8) is 0 Å². The summed E-state index contributed by atoms with van der Waals surface area (Å²) < 4.78 is 11.0. The Kier molecular flexibility index (Phi) is 5.94. The summed E-state index contributed by atoms with van der Waals surface area (Å²) in [4.78, 5) is 4.13. The lowest BCUT2D eigenvalue weighted by molar-refractivity contribution is 0.121. The number of pyridine rings is 1. The molecule has 0 aliphatic rings. The van der Waals surface area contributed by atoms with Crippen molar-refractivity contribution in [1.82, 2.24) is 4.98 Å². The average molecular weight is 238 g/mol. The predicted molar refractivity (Wildman–Crippen MR) is 68.0 cm³/mol. The Morgan fingerprint density at radius 2 is 2.12 bits per heavy atom. The third kappa shape index (κ3) is 5.15. The van der Waals surface area contributed by atoms with Crippen molar-refractivity contribution < 1.29 is 9.47 Å². The van der Waals surface area contributed by atoms with Crippen molar-refractivity contribution in [3.8, 4) is 5.75 Å². The van der Waals surface area contributed by atoms with Crippen molar-refractivity contribution in [2.75, 3.05) is 13.2 Å². The highest BCUT2D eigenvalue weighted by Gasteiger charge is 2.08. The van der Waals surface area contributed by atoms with E-state index in [-0.39, 0.29) is 12.1 Å². The molecule has 17 heavy (non-hydrogen) atoms. The summed E-state index contributed by atoms with van der Waals surface area (Å²) >= 11 is 0. The summed E-state index contributed by atoms with van der Waals surface area (Å²) in [5.41, 5.74) is 6.96. The molecule has 0 radical (unpaired) electrons. The minimum Gasteiger partial charge on any atom is -0.489 e. The molecular weight excluding hydrogens is 216 g/mol. The third-order valence-electron chi connectivity index (χ3n) is 2.18. The first-order chi connectivity index (χ1) is 8.13. The quantitative estimate of drug-likeness (QED) is 0.740. The second kappa shape index (κ2) is 7.25. The molecular formula is C13H22N2O2. The van der Waals surface area contributed by atoms with Crippen LogP contribution in [-0.4, -0.2) is 24.3 Å². The van der Waals surface area contributed by atoms with Gasteiger partial charge in [0.1, 0.15) is 5.75 Å². The van der Waals surface area contributed by atoms with E-state index in [1.54, 1.807) is 12.4 Å². The fourth-order valence-corrected chi connectivity index (χ4v) is 1.43. The molecule has 4 heteroatoms. The van der Waals surface area contributed by atoms with Crippen LogP contribution in [0.1, 0.15) is 38.8 Å². The van der Waals surface area contributed by atoms with Gasteiger partial charge in [0, 0.05) is 12.8 Å². The molecule has 0 amide bonds. The van der Waals surface area contributed by atoms with Crippen molar-refractivity contribution in [2.24, 2.45) is 5.73 Å². The first-order valence-electron chi connectivity index (χ1n) is 6.08. The Balaban J connectivity index is 2.57. The zero-order chi connectivity index (χ0) is 12.7. The van der Waals surface area contributed by atoms with Gasteiger partial charge in [-0.3, -0.25) is 4.98 Å². The van der Waals surface area contributed by atoms with Gasteiger partial charge in [-0.2, -0.15) is 0 Å². The monoisotopic (exact) mass is 238 g/mol. The van der Waals surface area contributed by atoms with E-state index < -0.39 is 0 Å². The number of aromatic nitrogens is 1. The molecule has 0 fully saturated rings. The molecule has 2 N–H and O–H groups in total. The fraction of sp³-hybridized carbons (Fsp3) is 0.615. The van der Waals surface area contributed by atoms with Gasteiger partial charge < -0.3 is 15.2 Å². The molecule has 0 aliphatic heterocycles. The molecule has 0 saturated carbocycles.